The second-order valence-electron chi connectivity index (χ2n) is 7.45. The molecule has 1 heterocycles. The van der Waals surface area contributed by atoms with Crippen molar-refractivity contribution in [3.05, 3.63) is 59.2 Å². The fourth-order valence-electron chi connectivity index (χ4n) is 3.53. The maximum absolute atomic E-state index is 13.0. The van der Waals surface area contributed by atoms with E-state index in [9.17, 15) is 19.8 Å². The summed E-state index contributed by atoms with van der Waals surface area (Å²) in [6.45, 7) is 0.827. The van der Waals surface area contributed by atoms with Crippen molar-refractivity contribution in [1.29, 1.82) is 0 Å². The molecule has 0 unspecified atom stereocenters. The highest BCUT2D eigenvalue weighted by molar-refractivity contribution is 6.46. The van der Waals surface area contributed by atoms with Gasteiger partial charge >= 0.3 is 0 Å². The van der Waals surface area contributed by atoms with Gasteiger partial charge in [0.2, 0.25) is 0 Å². The molecule has 2 aromatic rings. The van der Waals surface area contributed by atoms with Crippen LogP contribution < -0.4 is 9.47 Å². The van der Waals surface area contributed by atoms with Gasteiger partial charge in [0, 0.05) is 19.2 Å². The summed E-state index contributed by atoms with van der Waals surface area (Å²) in [6, 6.07) is 10.5. The Bertz CT molecular complexity index is 1010. The van der Waals surface area contributed by atoms with E-state index in [-0.39, 0.29) is 16.9 Å². The van der Waals surface area contributed by atoms with Gasteiger partial charge in [0.05, 0.1) is 31.4 Å². The Morgan fingerprint density at radius 3 is 2.19 bits per heavy atom. The minimum Gasteiger partial charge on any atom is -0.507 e. The summed E-state index contributed by atoms with van der Waals surface area (Å²) in [5.41, 5.74) is 0.618. The number of phenols is 1. The molecular weight excluding hydrogens is 400 g/mol. The lowest BCUT2D eigenvalue weighted by atomic mass is 9.95. The first-order valence-corrected chi connectivity index (χ1v) is 9.73. The number of amides is 1. The van der Waals surface area contributed by atoms with Crippen LogP contribution in [0.25, 0.3) is 5.76 Å². The first-order valence-electron chi connectivity index (χ1n) is 9.73. The van der Waals surface area contributed by atoms with Crippen molar-refractivity contribution in [2.75, 3.05) is 41.4 Å². The van der Waals surface area contributed by atoms with Crippen LogP contribution in [-0.4, -0.2) is 73.1 Å². The molecule has 1 aliphatic rings. The van der Waals surface area contributed by atoms with Crippen molar-refractivity contribution in [1.82, 2.24) is 9.80 Å². The molecule has 1 amide bonds. The Morgan fingerprint density at radius 2 is 1.65 bits per heavy atom. The van der Waals surface area contributed by atoms with Crippen LogP contribution in [0.15, 0.2) is 48.0 Å². The largest absolute Gasteiger partial charge is 0.507 e. The number of aromatic hydroxyl groups is 1. The molecule has 0 spiro atoms. The van der Waals surface area contributed by atoms with Gasteiger partial charge in [-0.25, -0.2) is 0 Å². The van der Waals surface area contributed by atoms with Gasteiger partial charge in [0.25, 0.3) is 11.7 Å². The van der Waals surface area contributed by atoms with Gasteiger partial charge in [-0.1, -0.05) is 12.1 Å². The van der Waals surface area contributed by atoms with Crippen LogP contribution >= 0.6 is 0 Å². The Labute approximate surface area is 180 Å². The molecule has 164 valence electrons. The zero-order valence-electron chi connectivity index (χ0n) is 18.0. The Balaban J connectivity index is 2.15. The number of hydrogen-bond donors (Lipinski definition) is 2. The van der Waals surface area contributed by atoms with Gasteiger partial charge in [0.1, 0.15) is 23.0 Å². The molecule has 1 atom stereocenters. The van der Waals surface area contributed by atoms with Gasteiger partial charge in [0.15, 0.2) is 0 Å². The molecule has 0 radical (unpaired) electrons. The summed E-state index contributed by atoms with van der Waals surface area (Å²) in [4.78, 5) is 29.2. The maximum atomic E-state index is 13.0. The van der Waals surface area contributed by atoms with Crippen LogP contribution in [0.4, 0.5) is 0 Å². The van der Waals surface area contributed by atoms with E-state index < -0.39 is 23.5 Å². The van der Waals surface area contributed by atoms with Crippen molar-refractivity contribution < 1.29 is 29.3 Å². The highest BCUT2D eigenvalue weighted by Crippen LogP contribution is 2.41. The van der Waals surface area contributed by atoms with Crippen molar-refractivity contribution in [3.8, 4) is 17.2 Å². The molecule has 31 heavy (non-hydrogen) atoms. The molecule has 1 fully saturated rings. The summed E-state index contributed by atoms with van der Waals surface area (Å²) < 4.78 is 10.3. The number of hydrogen-bond acceptors (Lipinski definition) is 7. The van der Waals surface area contributed by atoms with Crippen LogP contribution in [0.3, 0.4) is 0 Å². The highest BCUT2D eigenvalue weighted by Gasteiger charge is 2.46. The van der Waals surface area contributed by atoms with Crippen LogP contribution in [0, 0.1) is 0 Å². The van der Waals surface area contributed by atoms with Gasteiger partial charge < -0.3 is 29.5 Å². The molecule has 0 saturated carbocycles. The summed E-state index contributed by atoms with van der Waals surface area (Å²) in [7, 11) is 6.74. The first-order chi connectivity index (χ1) is 14.8. The second-order valence-corrected chi connectivity index (χ2v) is 7.45. The SMILES string of the molecule is COc1ccc([C@H]2C(=C(O)c3ccc(OC)cc3O)C(=O)C(=O)N2CCN(C)C)cc1. The van der Waals surface area contributed by atoms with E-state index in [1.165, 1.54) is 24.1 Å². The van der Waals surface area contributed by atoms with Gasteiger partial charge in [-0.05, 0) is 43.9 Å². The maximum Gasteiger partial charge on any atom is 0.295 e. The lowest BCUT2D eigenvalue weighted by molar-refractivity contribution is -0.140. The Morgan fingerprint density at radius 1 is 1.03 bits per heavy atom. The molecule has 2 aromatic carbocycles. The molecule has 0 bridgehead atoms. The lowest BCUT2D eigenvalue weighted by Crippen LogP contribution is -2.35. The number of phenolic OH excluding ortho intramolecular Hbond substituents is 1. The van der Waals surface area contributed by atoms with E-state index in [4.69, 9.17) is 9.47 Å². The van der Waals surface area contributed by atoms with Crippen LogP contribution in [0.2, 0.25) is 0 Å². The minimum absolute atomic E-state index is 0.0462. The number of nitrogens with zero attached hydrogens (tertiary/aromatic N) is 2. The zero-order valence-corrected chi connectivity index (χ0v) is 18.0. The number of methoxy groups -OCH3 is 2. The average Bonchev–Trinajstić information content (AvgIpc) is 3.01. The third-order valence-corrected chi connectivity index (χ3v) is 5.22. The number of carbonyl (C=O) groups excluding carboxylic acids is 2. The quantitative estimate of drug-likeness (QED) is 0.398. The Kier molecular flexibility index (Phi) is 6.50. The summed E-state index contributed by atoms with van der Waals surface area (Å²) in [6.07, 6.45) is 0. The van der Waals surface area contributed by atoms with Crippen LogP contribution in [0.1, 0.15) is 17.2 Å². The topological polar surface area (TPSA) is 99.5 Å². The molecule has 0 aromatic heterocycles. The van der Waals surface area contributed by atoms with Gasteiger partial charge in [-0.3, -0.25) is 9.59 Å². The van der Waals surface area contributed by atoms with Crippen molar-refractivity contribution in [3.63, 3.8) is 0 Å². The number of likely N-dealkylation sites (tertiary alicyclic amines) is 1. The summed E-state index contributed by atoms with van der Waals surface area (Å²) in [5.74, 6) is -1.17. The lowest BCUT2D eigenvalue weighted by Gasteiger charge is -2.26. The molecule has 1 saturated heterocycles. The van der Waals surface area contributed by atoms with E-state index in [0.29, 0.717) is 30.2 Å². The molecule has 2 N–H and O–H groups in total. The number of likely N-dealkylation sites (N-methyl/N-ethyl adjacent to an activating group) is 1. The Hall–Kier alpha value is -3.52. The number of rotatable bonds is 7. The van der Waals surface area contributed by atoms with E-state index in [1.54, 1.807) is 37.4 Å². The van der Waals surface area contributed by atoms with E-state index >= 15 is 0 Å². The number of ketones is 1. The van der Waals surface area contributed by atoms with Crippen molar-refractivity contribution in [2.24, 2.45) is 0 Å². The first kappa shape index (κ1) is 22.2. The number of aliphatic hydroxyl groups excluding tert-OH is 1. The van der Waals surface area contributed by atoms with Crippen LogP contribution in [-0.2, 0) is 9.59 Å². The highest BCUT2D eigenvalue weighted by atomic mass is 16.5. The van der Waals surface area contributed by atoms with E-state index in [0.717, 1.165) is 0 Å². The molecule has 8 nitrogen and oxygen atoms in total. The van der Waals surface area contributed by atoms with Crippen molar-refractivity contribution >= 4 is 17.4 Å². The smallest absolute Gasteiger partial charge is 0.295 e. The molecule has 8 heteroatoms. The van der Waals surface area contributed by atoms with Crippen LogP contribution in [0.5, 0.6) is 17.2 Å². The molecule has 3 rings (SSSR count). The van der Waals surface area contributed by atoms with E-state index in [1.807, 2.05) is 19.0 Å². The average molecular weight is 426 g/mol. The summed E-state index contributed by atoms with van der Waals surface area (Å²) in [5, 5.41) is 21.4. The second kappa shape index (κ2) is 9.09. The predicted octanol–water partition coefficient (Wildman–Crippen LogP) is 2.39. The molecular formula is C23H26N2O6. The van der Waals surface area contributed by atoms with E-state index in [2.05, 4.69) is 0 Å². The number of carbonyl (C=O) groups is 2. The van der Waals surface area contributed by atoms with Crippen molar-refractivity contribution in [2.45, 2.75) is 6.04 Å². The van der Waals surface area contributed by atoms with Gasteiger partial charge in [-0.15, -0.1) is 0 Å². The predicted molar refractivity (Wildman–Crippen MR) is 115 cm³/mol. The van der Waals surface area contributed by atoms with Gasteiger partial charge in [-0.2, -0.15) is 0 Å². The number of benzene rings is 2. The third kappa shape index (κ3) is 4.34. The fourth-order valence-corrected chi connectivity index (χ4v) is 3.53. The summed E-state index contributed by atoms with van der Waals surface area (Å²) >= 11 is 0. The minimum atomic E-state index is -0.799. The normalized spacial score (nSPS) is 18.0. The number of ether oxygens (including phenoxy) is 2. The fraction of sp³-hybridized carbons (Fsp3) is 0.304. The number of Topliss-reactive ketones (excluding diaryl/α,β-unsaturated/α-hetero) is 1. The third-order valence-electron chi connectivity index (χ3n) is 5.22. The standard InChI is InChI=1S/C23H26N2O6/c1-24(2)11-12-25-20(14-5-7-15(30-3)8-6-14)19(22(28)23(25)29)21(27)17-10-9-16(31-4)13-18(17)26/h5-10,13,20,26-27H,11-12H2,1-4H3/t20-/m0/s1. The molecule has 0 aliphatic carbocycles. The number of aliphatic hydroxyl groups is 1. The monoisotopic (exact) mass is 426 g/mol. The zero-order chi connectivity index (χ0) is 22.7. The molecule has 1 aliphatic heterocycles.